The number of para-hydroxylation sites is 1. The Morgan fingerprint density at radius 2 is 2.00 bits per heavy atom. The zero-order valence-electron chi connectivity index (χ0n) is 12.2. The van der Waals surface area contributed by atoms with Gasteiger partial charge in [0.15, 0.2) is 11.5 Å². The number of carbonyl (C=O) groups is 1. The maximum Gasteiger partial charge on any atom is 0.337 e. The Kier molecular flexibility index (Phi) is 5.12. The first-order valence-corrected chi connectivity index (χ1v) is 6.91. The maximum atomic E-state index is 11.1. The largest absolute Gasteiger partial charge is 0.493 e. The first kappa shape index (κ1) is 16.0. The summed E-state index contributed by atoms with van der Waals surface area (Å²) in [5.41, 5.74) is 1.62. The van der Waals surface area contributed by atoms with Crippen LogP contribution in [0, 0.1) is 0 Å². The standard InChI is InChI=1S/C16H16ClNO4/c1-21-14-5-3-4-10(15(14)22-2)9-18-11-6-7-13(17)12(8-11)16(19)20/h3-8,18H,9H2,1-2H3,(H,19,20). The molecule has 0 amide bonds. The Balaban J connectivity index is 2.20. The van der Waals surface area contributed by atoms with Crippen molar-refractivity contribution in [2.75, 3.05) is 19.5 Å². The summed E-state index contributed by atoms with van der Waals surface area (Å²) in [4.78, 5) is 11.1. The van der Waals surface area contributed by atoms with Gasteiger partial charge in [0.25, 0.3) is 0 Å². The fraction of sp³-hybridized carbons (Fsp3) is 0.188. The highest BCUT2D eigenvalue weighted by Gasteiger charge is 2.11. The van der Waals surface area contributed by atoms with Gasteiger partial charge in [0.05, 0.1) is 24.8 Å². The normalized spacial score (nSPS) is 10.1. The summed E-state index contributed by atoms with van der Waals surface area (Å²) in [5, 5.41) is 12.4. The van der Waals surface area contributed by atoms with Gasteiger partial charge in [-0.15, -0.1) is 0 Å². The van der Waals surface area contributed by atoms with E-state index in [1.54, 1.807) is 26.4 Å². The molecule has 0 aliphatic heterocycles. The molecule has 5 nitrogen and oxygen atoms in total. The lowest BCUT2D eigenvalue weighted by Gasteiger charge is -2.14. The molecule has 116 valence electrons. The Labute approximate surface area is 133 Å². The first-order valence-electron chi connectivity index (χ1n) is 6.53. The summed E-state index contributed by atoms with van der Waals surface area (Å²) in [6.07, 6.45) is 0. The van der Waals surface area contributed by atoms with Gasteiger partial charge < -0.3 is 19.9 Å². The van der Waals surface area contributed by atoms with E-state index in [1.807, 2.05) is 18.2 Å². The van der Waals surface area contributed by atoms with Gasteiger partial charge in [-0.2, -0.15) is 0 Å². The van der Waals surface area contributed by atoms with E-state index in [0.29, 0.717) is 23.7 Å². The second-order valence-electron chi connectivity index (χ2n) is 4.51. The van der Waals surface area contributed by atoms with Crippen molar-refractivity contribution >= 4 is 23.3 Å². The number of anilines is 1. The molecular formula is C16H16ClNO4. The number of halogens is 1. The van der Waals surface area contributed by atoms with Crippen LogP contribution in [0.2, 0.25) is 5.02 Å². The Morgan fingerprint density at radius 1 is 1.23 bits per heavy atom. The summed E-state index contributed by atoms with van der Waals surface area (Å²) in [6, 6.07) is 10.4. The summed E-state index contributed by atoms with van der Waals surface area (Å²) in [7, 11) is 3.15. The molecule has 6 heteroatoms. The topological polar surface area (TPSA) is 67.8 Å². The predicted molar refractivity (Wildman–Crippen MR) is 85.3 cm³/mol. The molecule has 0 fully saturated rings. The number of aromatic carboxylic acids is 1. The third-order valence-electron chi connectivity index (χ3n) is 3.16. The van der Waals surface area contributed by atoms with E-state index in [4.69, 9.17) is 26.2 Å². The van der Waals surface area contributed by atoms with E-state index in [9.17, 15) is 4.79 Å². The molecule has 2 rings (SSSR count). The van der Waals surface area contributed by atoms with Crippen LogP contribution < -0.4 is 14.8 Å². The minimum absolute atomic E-state index is 0.0595. The Hall–Kier alpha value is -2.40. The van der Waals surface area contributed by atoms with Crippen molar-refractivity contribution in [3.05, 3.63) is 52.5 Å². The van der Waals surface area contributed by atoms with Crippen LogP contribution in [0.5, 0.6) is 11.5 Å². The molecule has 0 aromatic heterocycles. The summed E-state index contributed by atoms with van der Waals surface area (Å²) in [6.45, 7) is 0.459. The molecule has 0 aliphatic carbocycles. The predicted octanol–water partition coefficient (Wildman–Crippen LogP) is 3.67. The van der Waals surface area contributed by atoms with Crippen LogP contribution in [-0.2, 0) is 6.54 Å². The lowest BCUT2D eigenvalue weighted by atomic mass is 10.1. The Morgan fingerprint density at radius 3 is 2.64 bits per heavy atom. The average molecular weight is 322 g/mol. The molecule has 22 heavy (non-hydrogen) atoms. The van der Waals surface area contributed by atoms with E-state index in [-0.39, 0.29) is 10.6 Å². The van der Waals surface area contributed by atoms with Crippen LogP contribution in [-0.4, -0.2) is 25.3 Å². The van der Waals surface area contributed by atoms with E-state index >= 15 is 0 Å². The number of methoxy groups -OCH3 is 2. The molecule has 0 bridgehead atoms. The second-order valence-corrected chi connectivity index (χ2v) is 4.91. The molecule has 0 atom stereocenters. The number of hydrogen-bond acceptors (Lipinski definition) is 4. The zero-order chi connectivity index (χ0) is 16.1. The summed E-state index contributed by atoms with van der Waals surface area (Å²) in [5.74, 6) is 0.224. The highest BCUT2D eigenvalue weighted by Crippen LogP contribution is 2.31. The van der Waals surface area contributed by atoms with Gasteiger partial charge >= 0.3 is 5.97 Å². The smallest absolute Gasteiger partial charge is 0.337 e. The van der Waals surface area contributed by atoms with Crippen molar-refractivity contribution in [1.29, 1.82) is 0 Å². The number of hydrogen-bond donors (Lipinski definition) is 2. The van der Waals surface area contributed by atoms with Crippen molar-refractivity contribution in [1.82, 2.24) is 0 Å². The Bertz CT molecular complexity index is 688. The molecule has 0 radical (unpaired) electrons. The quantitative estimate of drug-likeness (QED) is 0.849. The van der Waals surface area contributed by atoms with Crippen LogP contribution >= 0.6 is 11.6 Å². The molecule has 0 saturated heterocycles. The van der Waals surface area contributed by atoms with Gasteiger partial charge in [0, 0.05) is 17.8 Å². The molecular weight excluding hydrogens is 306 g/mol. The van der Waals surface area contributed by atoms with E-state index in [2.05, 4.69) is 5.32 Å². The number of carboxylic acid groups (broad SMARTS) is 1. The zero-order valence-corrected chi connectivity index (χ0v) is 13.0. The van der Waals surface area contributed by atoms with Crippen LogP contribution in [0.1, 0.15) is 15.9 Å². The van der Waals surface area contributed by atoms with Crippen molar-refractivity contribution in [2.45, 2.75) is 6.54 Å². The molecule has 0 spiro atoms. The van der Waals surface area contributed by atoms with Gasteiger partial charge in [0.1, 0.15) is 0 Å². The SMILES string of the molecule is COc1cccc(CNc2ccc(Cl)c(C(=O)O)c2)c1OC. The highest BCUT2D eigenvalue weighted by atomic mass is 35.5. The van der Waals surface area contributed by atoms with Gasteiger partial charge in [0.2, 0.25) is 0 Å². The van der Waals surface area contributed by atoms with Crippen molar-refractivity contribution in [2.24, 2.45) is 0 Å². The fourth-order valence-corrected chi connectivity index (χ4v) is 2.29. The fourth-order valence-electron chi connectivity index (χ4n) is 2.09. The number of ether oxygens (including phenoxy) is 2. The highest BCUT2D eigenvalue weighted by molar-refractivity contribution is 6.33. The average Bonchev–Trinajstić information content (AvgIpc) is 2.53. The molecule has 0 aliphatic rings. The van der Waals surface area contributed by atoms with Crippen molar-refractivity contribution in [3.63, 3.8) is 0 Å². The number of benzene rings is 2. The lowest BCUT2D eigenvalue weighted by molar-refractivity contribution is 0.0697. The third kappa shape index (κ3) is 3.43. The molecule has 2 aromatic rings. The monoisotopic (exact) mass is 321 g/mol. The van der Waals surface area contributed by atoms with Crippen LogP contribution in [0.3, 0.4) is 0 Å². The van der Waals surface area contributed by atoms with Gasteiger partial charge in [-0.05, 0) is 24.3 Å². The van der Waals surface area contributed by atoms with Gasteiger partial charge in [-0.3, -0.25) is 0 Å². The maximum absolute atomic E-state index is 11.1. The van der Waals surface area contributed by atoms with Crippen molar-refractivity contribution < 1.29 is 19.4 Å². The minimum atomic E-state index is -1.06. The number of carboxylic acids is 1. The molecule has 0 heterocycles. The van der Waals surface area contributed by atoms with Gasteiger partial charge in [-0.25, -0.2) is 4.79 Å². The molecule has 2 N–H and O–H groups in total. The minimum Gasteiger partial charge on any atom is -0.493 e. The van der Waals surface area contributed by atoms with Crippen LogP contribution in [0.15, 0.2) is 36.4 Å². The van der Waals surface area contributed by atoms with Gasteiger partial charge in [-0.1, -0.05) is 23.7 Å². The van der Waals surface area contributed by atoms with Crippen LogP contribution in [0.25, 0.3) is 0 Å². The number of rotatable bonds is 6. The number of nitrogens with one attached hydrogen (secondary N) is 1. The van der Waals surface area contributed by atoms with Crippen molar-refractivity contribution in [3.8, 4) is 11.5 Å². The second kappa shape index (κ2) is 7.04. The van der Waals surface area contributed by atoms with Crippen LogP contribution in [0.4, 0.5) is 5.69 Å². The summed E-state index contributed by atoms with van der Waals surface area (Å²) < 4.78 is 10.6. The molecule has 0 unspecified atom stereocenters. The van der Waals surface area contributed by atoms with E-state index in [1.165, 1.54) is 6.07 Å². The summed E-state index contributed by atoms with van der Waals surface area (Å²) >= 11 is 5.85. The third-order valence-corrected chi connectivity index (χ3v) is 3.49. The lowest BCUT2D eigenvalue weighted by Crippen LogP contribution is -2.04. The molecule has 0 saturated carbocycles. The first-order chi connectivity index (χ1) is 10.6. The van der Waals surface area contributed by atoms with E-state index in [0.717, 1.165) is 5.56 Å². The molecule has 2 aromatic carbocycles. The van der Waals surface area contributed by atoms with E-state index < -0.39 is 5.97 Å².